The van der Waals surface area contributed by atoms with Gasteiger partial charge < -0.3 is 14.4 Å². The number of amides is 1. The monoisotopic (exact) mass is 301 g/mol. The number of rotatable bonds is 4. The van der Waals surface area contributed by atoms with Crippen molar-refractivity contribution in [1.82, 2.24) is 4.90 Å². The number of benzene rings is 1. The van der Waals surface area contributed by atoms with Gasteiger partial charge in [0.25, 0.3) is 0 Å². The maximum atomic E-state index is 12.1. The number of nitrogens with zero attached hydrogens (tertiary/aromatic N) is 1. The minimum Gasteiger partial charge on any atom is -0.493 e. The van der Waals surface area contributed by atoms with Crippen LogP contribution in [0.15, 0.2) is 24.3 Å². The van der Waals surface area contributed by atoms with E-state index >= 15 is 0 Å². The summed E-state index contributed by atoms with van der Waals surface area (Å²) in [6, 6.07) is 8.26. The third kappa shape index (κ3) is 2.50. The van der Waals surface area contributed by atoms with Crippen LogP contribution in [-0.4, -0.2) is 37.2 Å². The first-order valence-electron chi connectivity index (χ1n) is 8.30. The van der Waals surface area contributed by atoms with Crippen molar-refractivity contribution >= 4 is 5.91 Å². The van der Waals surface area contributed by atoms with E-state index in [1.165, 1.54) is 12.8 Å². The van der Waals surface area contributed by atoms with Crippen LogP contribution in [-0.2, 0) is 9.53 Å². The maximum absolute atomic E-state index is 12.1. The van der Waals surface area contributed by atoms with Crippen LogP contribution < -0.4 is 4.74 Å². The normalized spacial score (nSPS) is 29.7. The van der Waals surface area contributed by atoms with E-state index in [0.717, 1.165) is 37.0 Å². The van der Waals surface area contributed by atoms with Crippen LogP contribution in [0.3, 0.4) is 0 Å². The summed E-state index contributed by atoms with van der Waals surface area (Å²) < 4.78 is 11.9. The summed E-state index contributed by atoms with van der Waals surface area (Å²) in [5.74, 6) is 2.58. The van der Waals surface area contributed by atoms with Gasteiger partial charge in [-0.1, -0.05) is 18.2 Å². The minimum atomic E-state index is 0.149. The summed E-state index contributed by atoms with van der Waals surface area (Å²) in [5, 5.41) is 0. The number of para-hydroxylation sites is 1. The van der Waals surface area contributed by atoms with Gasteiger partial charge in [0.2, 0.25) is 5.91 Å². The van der Waals surface area contributed by atoms with Crippen molar-refractivity contribution < 1.29 is 14.3 Å². The molecule has 1 saturated heterocycles. The van der Waals surface area contributed by atoms with E-state index in [-0.39, 0.29) is 11.9 Å². The van der Waals surface area contributed by atoms with Crippen molar-refractivity contribution in [3.05, 3.63) is 29.8 Å². The Balaban J connectivity index is 1.54. The molecule has 3 atom stereocenters. The molecule has 0 bridgehead atoms. The smallest absolute Gasteiger partial charge is 0.219 e. The van der Waals surface area contributed by atoms with Gasteiger partial charge in [-0.3, -0.25) is 4.79 Å². The van der Waals surface area contributed by atoms with Gasteiger partial charge in [-0.15, -0.1) is 0 Å². The van der Waals surface area contributed by atoms with Crippen LogP contribution >= 0.6 is 0 Å². The molecule has 0 radical (unpaired) electrons. The Morgan fingerprint density at radius 3 is 2.91 bits per heavy atom. The molecule has 3 aliphatic rings. The first kappa shape index (κ1) is 14.1. The second-order valence-corrected chi connectivity index (χ2v) is 6.87. The van der Waals surface area contributed by atoms with Crippen molar-refractivity contribution in [3.63, 3.8) is 0 Å². The number of ether oxygens (including phenoxy) is 2. The Kier molecular flexibility index (Phi) is 3.57. The molecule has 1 aromatic carbocycles. The molecule has 1 saturated carbocycles. The van der Waals surface area contributed by atoms with Gasteiger partial charge in [0.15, 0.2) is 0 Å². The molecular weight excluding hydrogens is 278 g/mol. The summed E-state index contributed by atoms with van der Waals surface area (Å²) in [6.07, 6.45) is 2.62. The number of hydrogen-bond donors (Lipinski definition) is 0. The maximum Gasteiger partial charge on any atom is 0.219 e. The first-order chi connectivity index (χ1) is 10.7. The molecule has 1 amide bonds. The van der Waals surface area contributed by atoms with Crippen LogP contribution in [0.5, 0.6) is 5.75 Å². The van der Waals surface area contributed by atoms with Gasteiger partial charge in [0, 0.05) is 37.5 Å². The fourth-order valence-electron chi connectivity index (χ4n) is 3.83. The van der Waals surface area contributed by atoms with E-state index in [0.29, 0.717) is 18.4 Å². The summed E-state index contributed by atoms with van der Waals surface area (Å²) >= 11 is 0. The van der Waals surface area contributed by atoms with E-state index in [4.69, 9.17) is 9.47 Å². The molecule has 2 aliphatic heterocycles. The van der Waals surface area contributed by atoms with E-state index in [9.17, 15) is 4.79 Å². The molecule has 0 unspecified atom stereocenters. The van der Waals surface area contributed by atoms with Crippen LogP contribution in [0.2, 0.25) is 0 Å². The van der Waals surface area contributed by atoms with Gasteiger partial charge in [0.05, 0.1) is 19.3 Å². The molecular formula is C18H23NO3. The Bertz CT molecular complexity index is 569. The Labute approximate surface area is 131 Å². The predicted octanol–water partition coefficient (Wildman–Crippen LogP) is 2.64. The molecule has 0 N–H and O–H groups in total. The van der Waals surface area contributed by atoms with E-state index in [1.807, 2.05) is 23.1 Å². The zero-order chi connectivity index (χ0) is 15.1. The highest BCUT2D eigenvalue weighted by Crippen LogP contribution is 2.47. The lowest BCUT2D eigenvalue weighted by atomic mass is 9.86. The molecule has 0 spiro atoms. The topological polar surface area (TPSA) is 38.8 Å². The van der Waals surface area contributed by atoms with E-state index in [2.05, 4.69) is 6.07 Å². The molecule has 22 heavy (non-hydrogen) atoms. The van der Waals surface area contributed by atoms with Gasteiger partial charge in [0.1, 0.15) is 5.75 Å². The lowest BCUT2D eigenvalue weighted by Crippen LogP contribution is -2.34. The van der Waals surface area contributed by atoms with Crippen molar-refractivity contribution in [2.24, 2.45) is 17.8 Å². The summed E-state index contributed by atoms with van der Waals surface area (Å²) in [4.78, 5) is 14.1. The van der Waals surface area contributed by atoms with Crippen LogP contribution in [0, 0.1) is 17.8 Å². The minimum absolute atomic E-state index is 0.149. The molecule has 4 heteroatoms. The molecule has 118 valence electrons. The third-order valence-corrected chi connectivity index (χ3v) is 5.23. The first-order valence-corrected chi connectivity index (χ1v) is 8.30. The van der Waals surface area contributed by atoms with Crippen LogP contribution in [0.1, 0.15) is 31.4 Å². The fraction of sp³-hybridized carbons (Fsp3) is 0.611. The quantitative estimate of drug-likeness (QED) is 0.858. The van der Waals surface area contributed by atoms with Crippen molar-refractivity contribution in [2.75, 3.05) is 26.4 Å². The zero-order valence-corrected chi connectivity index (χ0v) is 13.0. The van der Waals surface area contributed by atoms with E-state index in [1.54, 1.807) is 6.92 Å². The highest BCUT2D eigenvalue weighted by atomic mass is 16.5. The van der Waals surface area contributed by atoms with Crippen LogP contribution in [0.25, 0.3) is 0 Å². The second-order valence-electron chi connectivity index (χ2n) is 6.87. The Morgan fingerprint density at radius 2 is 2.14 bits per heavy atom. The third-order valence-electron chi connectivity index (χ3n) is 5.23. The number of carbonyl (C=O) groups excluding carboxylic acids is 1. The van der Waals surface area contributed by atoms with Gasteiger partial charge in [-0.2, -0.15) is 0 Å². The fourth-order valence-corrected chi connectivity index (χ4v) is 3.83. The number of fused-ring (bicyclic) bond motifs is 3. The van der Waals surface area contributed by atoms with Crippen LogP contribution in [0.4, 0.5) is 0 Å². The molecule has 0 aromatic heterocycles. The highest BCUT2D eigenvalue weighted by Gasteiger charge is 2.47. The Hall–Kier alpha value is -1.55. The van der Waals surface area contributed by atoms with Crippen molar-refractivity contribution in [1.29, 1.82) is 0 Å². The molecule has 4 nitrogen and oxygen atoms in total. The molecule has 4 rings (SSSR count). The summed E-state index contributed by atoms with van der Waals surface area (Å²) in [7, 11) is 0. The lowest BCUT2D eigenvalue weighted by molar-refractivity contribution is -0.130. The molecule has 1 aromatic rings. The van der Waals surface area contributed by atoms with Crippen molar-refractivity contribution in [2.45, 2.75) is 25.8 Å². The lowest BCUT2D eigenvalue weighted by Gasteiger charge is -2.34. The van der Waals surface area contributed by atoms with Gasteiger partial charge in [-0.05, 0) is 24.8 Å². The zero-order valence-electron chi connectivity index (χ0n) is 13.0. The summed E-state index contributed by atoms with van der Waals surface area (Å²) in [6.45, 7) is 4.76. The average Bonchev–Trinajstić information content (AvgIpc) is 3.26. The van der Waals surface area contributed by atoms with Gasteiger partial charge in [-0.25, -0.2) is 0 Å². The average molecular weight is 301 g/mol. The Morgan fingerprint density at radius 1 is 1.32 bits per heavy atom. The van der Waals surface area contributed by atoms with Gasteiger partial charge >= 0.3 is 0 Å². The number of carbonyl (C=O) groups is 1. The standard InChI is InChI=1S/C18H23NO3/c1-12(20)19-8-14(10-21-9-13-6-7-13)16-11-22-17-5-3-2-4-15(17)18(16)19/h2-5,13-14,16,18H,6-11H2,1H3/t14-,16-,18-/m0/s1. The van der Waals surface area contributed by atoms with Crippen molar-refractivity contribution in [3.8, 4) is 5.75 Å². The van der Waals surface area contributed by atoms with E-state index < -0.39 is 0 Å². The largest absolute Gasteiger partial charge is 0.493 e. The number of hydrogen-bond acceptors (Lipinski definition) is 3. The molecule has 2 heterocycles. The molecule has 1 aliphatic carbocycles. The predicted molar refractivity (Wildman–Crippen MR) is 82.6 cm³/mol. The highest BCUT2D eigenvalue weighted by molar-refractivity contribution is 5.74. The summed E-state index contributed by atoms with van der Waals surface area (Å²) in [5.41, 5.74) is 1.15. The second kappa shape index (κ2) is 5.58. The molecule has 2 fully saturated rings. The SMILES string of the molecule is CC(=O)N1C[C@@H](COCC2CC2)[C@@H]2COc3ccccc3[C@@H]21. The number of likely N-dealkylation sites (tertiary alicyclic amines) is 1.